The van der Waals surface area contributed by atoms with Gasteiger partial charge in [-0.1, -0.05) is 29.8 Å². The maximum absolute atomic E-state index is 13.3. The average molecular weight is 408 g/mol. The van der Waals surface area contributed by atoms with Crippen molar-refractivity contribution in [2.45, 2.75) is 19.8 Å². The lowest BCUT2D eigenvalue weighted by Crippen LogP contribution is -2.12. The van der Waals surface area contributed by atoms with E-state index in [1.165, 1.54) is 23.5 Å². The van der Waals surface area contributed by atoms with Gasteiger partial charge in [0.25, 0.3) is 0 Å². The van der Waals surface area contributed by atoms with Crippen molar-refractivity contribution in [3.05, 3.63) is 71.2 Å². The summed E-state index contributed by atoms with van der Waals surface area (Å²) in [6, 6.07) is 13.9. The van der Waals surface area contributed by atoms with E-state index in [1.54, 1.807) is 17.5 Å². The van der Waals surface area contributed by atoms with Crippen LogP contribution in [-0.4, -0.2) is 21.1 Å². The normalized spacial score (nSPS) is 10.8. The Morgan fingerprint density at radius 2 is 1.97 bits per heavy atom. The lowest BCUT2D eigenvalue weighted by Gasteiger charge is -2.00. The van der Waals surface area contributed by atoms with E-state index in [-0.39, 0.29) is 18.1 Å². The van der Waals surface area contributed by atoms with Crippen molar-refractivity contribution in [2.24, 2.45) is 0 Å². The summed E-state index contributed by atoms with van der Waals surface area (Å²) in [4.78, 5) is 16.5. The monoisotopic (exact) mass is 408 g/mol. The molecule has 146 valence electrons. The molecule has 1 N–H and O–H groups in total. The number of hydrogen-bond acceptors (Lipinski definition) is 6. The van der Waals surface area contributed by atoms with Gasteiger partial charge in [0.15, 0.2) is 5.13 Å². The van der Waals surface area contributed by atoms with Crippen LogP contribution in [0.3, 0.4) is 0 Å². The highest BCUT2D eigenvalue weighted by Gasteiger charge is 2.12. The van der Waals surface area contributed by atoms with Crippen LogP contribution < -0.4 is 5.32 Å². The zero-order valence-corrected chi connectivity index (χ0v) is 16.4. The zero-order chi connectivity index (χ0) is 20.2. The third-order valence-electron chi connectivity index (χ3n) is 4.20. The Balaban J connectivity index is 1.33. The van der Waals surface area contributed by atoms with Crippen molar-refractivity contribution in [1.82, 2.24) is 15.2 Å². The molecule has 0 bridgehead atoms. The number of carbonyl (C=O) groups excluding carboxylic acids is 1. The molecule has 0 radical (unpaired) electrons. The summed E-state index contributed by atoms with van der Waals surface area (Å²) in [6.07, 6.45) is 0.511. The number of thiazole rings is 1. The molecule has 0 unspecified atom stereocenters. The number of aromatic nitrogens is 3. The number of nitrogens with zero attached hydrogens (tertiary/aromatic N) is 3. The standard InChI is InChI=1S/C21H17FN4O2S/c1-13-5-7-14(8-6-13)20-26-25-19(28-20)10-9-18(27)24-21-23-17(12-29-21)15-3-2-4-16(22)11-15/h2-8,11-12H,9-10H2,1H3,(H,23,24,27). The predicted molar refractivity (Wildman–Crippen MR) is 109 cm³/mol. The summed E-state index contributed by atoms with van der Waals surface area (Å²) >= 11 is 1.29. The van der Waals surface area contributed by atoms with Crippen molar-refractivity contribution >= 4 is 22.4 Å². The summed E-state index contributed by atoms with van der Waals surface area (Å²) in [5, 5.41) is 13.0. The van der Waals surface area contributed by atoms with Crippen LogP contribution in [0.4, 0.5) is 9.52 Å². The van der Waals surface area contributed by atoms with E-state index < -0.39 is 0 Å². The number of rotatable bonds is 6. The van der Waals surface area contributed by atoms with Crippen LogP contribution in [0.5, 0.6) is 0 Å². The number of hydrogen-bond donors (Lipinski definition) is 1. The van der Waals surface area contributed by atoms with Crippen LogP contribution in [0.25, 0.3) is 22.7 Å². The van der Waals surface area contributed by atoms with Crippen LogP contribution in [0, 0.1) is 12.7 Å². The molecule has 2 aromatic carbocycles. The summed E-state index contributed by atoms with van der Waals surface area (Å²) in [7, 11) is 0. The van der Waals surface area contributed by atoms with Gasteiger partial charge in [-0.25, -0.2) is 9.37 Å². The fraction of sp³-hybridized carbons (Fsp3) is 0.143. The van der Waals surface area contributed by atoms with Gasteiger partial charge in [0.05, 0.1) is 5.69 Å². The highest BCUT2D eigenvalue weighted by atomic mass is 32.1. The second kappa shape index (κ2) is 8.32. The van der Waals surface area contributed by atoms with Gasteiger partial charge < -0.3 is 9.73 Å². The first-order chi connectivity index (χ1) is 14.1. The molecule has 0 saturated carbocycles. The van der Waals surface area contributed by atoms with Crippen molar-refractivity contribution in [2.75, 3.05) is 5.32 Å². The fourth-order valence-corrected chi connectivity index (χ4v) is 3.42. The zero-order valence-electron chi connectivity index (χ0n) is 15.6. The van der Waals surface area contributed by atoms with Gasteiger partial charge >= 0.3 is 0 Å². The summed E-state index contributed by atoms with van der Waals surface area (Å²) in [5.74, 6) is 0.293. The number of halogens is 1. The Morgan fingerprint density at radius 1 is 1.14 bits per heavy atom. The third-order valence-corrected chi connectivity index (χ3v) is 4.96. The van der Waals surface area contributed by atoms with Crippen LogP contribution in [-0.2, 0) is 11.2 Å². The van der Waals surface area contributed by atoms with Gasteiger partial charge in [-0.2, -0.15) is 0 Å². The topological polar surface area (TPSA) is 80.9 Å². The van der Waals surface area contributed by atoms with Crippen LogP contribution >= 0.6 is 11.3 Å². The molecule has 2 aromatic heterocycles. The molecule has 8 heteroatoms. The first-order valence-corrected chi connectivity index (χ1v) is 9.85. The first kappa shape index (κ1) is 18.9. The molecule has 0 fully saturated rings. The molecule has 4 aromatic rings. The van der Waals surface area contributed by atoms with E-state index in [0.717, 1.165) is 11.1 Å². The number of carbonyl (C=O) groups is 1. The number of benzene rings is 2. The Kier molecular flexibility index (Phi) is 5.44. The Morgan fingerprint density at radius 3 is 2.76 bits per heavy atom. The summed E-state index contributed by atoms with van der Waals surface area (Å²) < 4.78 is 19.0. The van der Waals surface area contributed by atoms with Crippen molar-refractivity contribution in [3.8, 4) is 22.7 Å². The maximum Gasteiger partial charge on any atom is 0.247 e. The molecule has 29 heavy (non-hydrogen) atoms. The SMILES string of the molecule is Cc1ccc(-c2nnc(CCC(=O)Nc3nc(-c4cccc(F)c4)cs3)o2)cc1. The van der Waals surface area contributed by atoms with Gasteiger partial charge in [0.2, 0.25) is 17.7 Å². The van der Waals surface area contributed by atoms with Gasteiger partial charge in [-0.05, 0) is 31.2 Å². The average Bonchev–Trinajstić information content (AvgIpc) is 3.37. The highest BCUT2D eigenvalue weighted by molar-refractivity contribution is 7.14. The second-order valence-electron chi connectivity index (χ2n) is 6.46. The molecule has 0 saturated heterocycles. The van der Waals surface area contributed by atoms with Crippen LogP contribution in [0.2, 0.25) is 0 Å². The molecule has 1 amide bonds. The smallest absolute Gasteiger partial charge is 0.247 e. The quantitative estimate of drug-likeness (QED) is 0.492. The molecular weight excluding hydrogens is 391 g/mol. The molecule has 2 heterocycles. The Bertz CT molecular complexity index is 1140. The third kappa shape index (κ3) is 4.72. The van der Waals surface area contributed by atoms with E-state index in [4.69, 9.17) is 4.42 Å². The van der Waals surface area contributed by atoms with Gasteiger partial charge in [0, 0.05) is 29.3 Å². The van der Waals surface area contributed by atoms with E-state index in [0.29, 0.717) is 34.6 Å². The van der Waals surface area contributed by atoms with Crippen molar-refractivity contribution < 1.29 is 13.6 Å². The highest BCUT2D eigenvalue weighted by Crippen LogP contribution is 2.25. The van der Waals surface area contributed by atoms with Crippen LogP contribution in [0.1, 0.15) is 17.9 Å². The number of anilines is 1. The summed E-state index contributed by atoms with van der Waals surface area (Å²) in [5.41, 5.74) is 3.26. The molecule has 4 rings (SSSR count). The molecule has 6 nitrogen and oxygen atoms in total. The molecule has 0 aliphatic heterocycles. The largest absolute Gasteiger partial charge is 0.421 e. The Hall–Kier alpha value is -3.39. The van der Waals surface area contributed by atoms with Gasteiger partial charge in [-0.15, -0.1) is 21.5 Å². The predicted octanol–water partition coefficient (Wildman–Crippen LogP) is 4.88. The lowest BCUT2D eigenvalue weighted by atomic mass is 10.1. The second-order valence-corrected chi connectivity index (χ2v) is 7.32. The Labute approximate surface area is 170 Å². The van der Waals surface area contributed by atoms with Crippen molar-refractivity contribution in [1.29, 1.82) is 0 Å². The number of aryl methyl sites for hydroxylation is 2. The molecule has 0 spiro atoms. The number of nitrogens with one attached hydrogen (secondary N) is 1. The minimum atomic E-state index is -0.328. The van der Waals surface area contributed by atoms with Crippen LogP contribution in [0.15, 0.2) is 58.3 Å². The van der Waals surface area contributed by atoms with E-state index in [1.807, 2.05) is 31.2 Å². The molecular formula is C21H17FN4O2S. The minimum absolute atomic E-state index is 0.185. The number of amides is 1. The van der Waals surface area contributed by atoms with E-state index in [2.05, 4.69) is 20.5 Å². The minimum Gasteiger partial charge on any atom is -0.421 e. The van der Waals surface area contributed by atoms with Gasteiger partial charge in [0.1, 0.15) is 5.82 Å². The maximum atomic E-state index is 13.3. The fourth-order valence-electron chi connectivity index (χ4n) is 2.68. The van der Waals surface area contributed by atoms with E-state index in [9.17, 15) is 9.18 Å². The lowest BCUT2D eigenvalue weighted by molar-refractivity contribution is -0.116. The van der Waals surface area contributed by atoms with E-state index >= 15 is 0 Å². The van der Waals surface area contributed by atoms with Gasteiger partial charge in [-0.3, -0.25) is 4.79 Å². The molecule has 0 aliphatic carbocycles. The molecule has 0 atom stereocenters. The summed E-state index contributed by atoms with van der Waals surface area (Å²) in [6.45, 7) is 2.01. The first-order valence-electron chi connectivity index (χ1n) is 8.97. The van der Waals surface area contributed by atoms with Crippen molar-refractivity contribution in [3.63, 3.8) is 0 Å². The molecule has 0 aliphatic rings.